The van der Waals surface area contributed by atoms with Gasteiger partial charge in [0.15, 0.2) is 6.73 Å². The lowest BCUT2D eigenvalue weighted by molar-refractivity contribution is -0.960. The number of phosphoric ester groups is 1. The third-order valence-electron chi connectivity index (χ3n) is 1.93. The van der Waals surface area contributed by atoms with Crippen molar-refractivity contribution >= 4 is 7.82 Å². The van der Waals surface area contributed by atoms with Crippen LogP contribution in [0.25, 0.3) is 0 Å². The maximum absolute atomic E-state index is 10.3. The molecule has 0 spiro atoms. The molecule has 0 aromatic heterocycles. The first-order chi connectivity index (χ1) is 4.91. The highest BCUT2D eigenvalue weighted by molar-refractivity contribution is 7.46. The second-order valence-corrected chi connectivity index (χ2v) is 4.41. The predicted molar refractivity (Wildman–Crippen MR) is 38.5 cm³/mol. The van der Waals surface area contributed by atoms with Crippen molar-refractivity contribution in [1.82, 2.24) is 0 Å². The van der Waals surface area contributed by atoms with Gasteiger partial charge in [0.25, 0.3) is 0 Å². The molecule has 66 valence electrons. The summed E-state index contributed by atoms with van der Waals surface area (Å²) in [5, 5.41) is 0. The average Bonchev–Trinajstić information content (AvgIpc) is 1.77. The molecule has 0 atom stereocenters. The summed E-state index contributed by atoms with van der Waals surface area (Å²) in [6, 6.07) is 0. The fraction of sp³-hybridized carbons (Fsp3) is 1.00. The molecule has 0 radical (unpaired) electrons. The minimum Gasteiger partial charge on any atom is -0.303 e. The Morgan fingerprint density at radius 3 is 2.36 bits per heavy atom. The lowest BCUT2D eigenvalue weighted by Gasteiger charge is -2.41. The molecule has 11 heavy (non-hydrogen) atoms. The molecule has 0 saturated carbocycles. The number of likely N-dealkylation sites (tertiary alicyclic amines) is 1. The first-order valence-corrected chi connectivity index (χ1v) is 4.98. The van der Waals surface area contributed by atoms with Crippen LogP contribution in [0.1, 0.15) is 6.42 Å². The van der Waals surface area contributed by atoms with Crippen LogP contribution in [-0.2, 0) is 9.09 Å². The Labute approximate surface area is 65.4 Å². The van der Waals surface area contributed by atoms with Gasteiger partial charge in [-0.15, -0.1) is 0 Å². The number of rotatable bonds is 3. The van der Waals surface area contributed by atoms with Gasteiger partial charge in [-0.05, 0) is 0 Å². The van der Waals surface area contributed by atoms with Gasteiger partial charge in [0.2, 0.25) is 0 Å². The molecule has 1 aliphatic rings. The van der Waals surface area contributed by atoms with Gasteiger partial charge in [-0.25, -0.2) is 9.09 Å². The maximum Gasteiger partial charge on any atom is 0.474 e. The maximum atomic E-state index is 10.3. The quantitative estimate of drug-likeness (QED) is 0.472. The van der Waals surface area contributed by atoms with Crippen LogP contribution in [-0.4, -0.2) is 41.1 Å². The summed E-state index contributed by atoms with van der Waals surface area (Å²) in [4.78, 5) is 16.8. The zero-order chi connectivity index (χ0) is 8.54. The smallest absolute Gasteiger partial charge is 0.303 e. The van der Waals surface area contributed by atoms with Crippen LogP contribution in [0.4, 0.5) is 0 Å². The van der Waals surface area contributed by atoms with Crippen molar-refractivity contribution in [3.8, 4) is 0 Å². The Hall–Kier alpha value is 0.0700. The Balaban J connectivity index is 2.27. The summed E-state index contributed by atoms with van der Waals surface area (Å²) in [6.07, 6.45) is 1.11. The summed E-state index contributed by atoms with van der Waals surface area (Å²) in [5.41, 5.74) is 0. The second-order valence-electron chi connectivity index (χ2n) is 3.17. The highest BCUT2D eigenvalue weighted by Gasteiger charge is 2.33. The molecule has 1 fully saturated rings. The summed E-state index contributed by atoms with van der Waals surface area (Å²) in [5.74, 6) is 0. The van der Waals surface area contributed by atoms with Crippen molar-refractivity contribution in [2.75, 3.05) is 26.9 Å². The Kier molecular flexibility index (Phi) is 2.37. The predicted octanol–water partition coefficient (Wildman–Crippen LogP) is -0.0965. The first-order valence-electron chi connectivity index (χ1n) is 3.45. The molecule has 1 aliphatic heterocycles. The SMILES string of the molecule is C[N+]1(COP(=O)(O)O)CCC1. The minimum absolute atomic E-state index is 0.115. The molecular formula is C5H13NO4P+. The summed E-state index contributed by atoms with van der Waals surface area (Å²) in [7, 11) is -2.34. The van der Waals surface area contributed by atoms with E-state index in [1.54, 1.807) is 0 Å². The summed E-state index contributed by atoms with van der Waals surface area (Å²) >= 11 is 0. The minimum atomic E-state index is -4.26. The lowest BCUT2D eigenvalue weighted by Crippen LogP contribution is -2.55. The molecule has 0 unspecified atom stereocenters. The van der Waals surface area contributed by atoms with E-state index in [0.29, 0.717) is 4.48 Å². The van der Waals surface area contributed by atoms with E-state index in [0.717, 1.165) is 19.5 Å². The number of hydrogen-bond donors (Lipinski definition) is 2. The van der Waals surface area contributed by atoms with Gasteiger partial charge < -0.3 is 14.3 Å². The van der Waals surface area contributed by atoms with Gasteiger partial charge in [-0.3, -0.25) is 0 Å². The van der Waals surface area contributed by atoms with Crippen molar-refractivity contribution in [1.29, 1.82) is 0 Å². The molecule has 6 heteroatoms. The van der Waals surface area contributed by atoms with E-state index in [-0.39, 0.29) is 6.73 Å². The topological polar surface area (TPSA) is 66.8 Å². The standard InChI is InChI=1S/C5H12NO4P/c1-6(3-2-4-6)5-10-11(7,8)9/h2-5H2,1H3,(H-,7,8,9)/p+1. The summed E-state index contributed by atoms with van der Waals surface area (Å²) in [6.45, 7) is 2.00. The Morgan fingerprint density at radius 1 is 1.55 bits per heavy atom. The normalized spacial score (nSPS) is 22.8. The molecule has 0 aromatic rings. The highest BCUT2D eigenvalue weighted by atomic mass is 31.2. The van der Waals surface area contributed by atoms with E-state index in [1.807, 2.05) is 7.05 Å². The second kappa shape index (κ2) is 2.84. The zero-order valence-electron chi connectivity index (χ0n) is 6.43. The van der Waals surface area contributed by atoms with Gasteiger partial charge in [0.05, 0.1) is 20.1 Å². The van der Waals surface area contributed by atoms with E-state index >= 15 is 0 Å². The largest absolute Gasteiger partial charge is 0.474 e. The van der Waals surface area contributed by atoms with E-state index in [4.69, 9.17) is 9.79 Å². The third kappa shape index (κ3) is 2.89. The van der Waals surface area contributed by atoms with E-state index in [9.17, 15) is 4.57 Å². The molecule has 1 saturated heterocycles. The molecule has 1 heterocycles. The van der Waals surface area contributed by atoms with Crippen LogP contribution in [0, 0.1) is 0 Å². The molecule has 1 rings (SSSR count). The number of nitrogens with zero attached hydrogens (tertiary/aromatic N) is 1. The van der Waals surface area contributed by atoms with E-state index < -0.39 is 7.82 Å². The van der Waals surface area contributed by atoms with Crippen LogP contribution in [0.5, 0.6) is 0 Å². The first kappa shape index (κ1) is 9.16. The van der Waals surface area contributed by atoms with Crippen LogP contribution in [0.3, 0.4) is 0 Å². The molecule has 0 aromatic carbocycles. The zero-order valence-corrected chi connectivity index (χ0v) is 7.33. The third-order valence-corrected chi connectivity index (χ3v) is 2.39. The van der Waals surface area contributed by atoms with Crippen LogP contribution in [0.2, 0.25) is 0 Å². The van der Waals surface area contributed by atoms with E-state index in [1.165, 1.54) is 0 Å². The molecular weight excluding hydrogens is 169 g/mol. The molecule has 2 N–H and O–H groups in total. The Bertz CT molecular complexity index is 185. The molecule has 5 nitrogen and oxygen atoms in total. The van der Waals surface area contributed by atoms with Crippen molar-refractivity contribution < 1.29 is 23.4 Å². The number of quaternary nitrogens is 1. The lowest BCUT2D eigenvalue weighted by atomic mass is 10.2. The van der Waals surface area contributed by atoms with Gasteiger partial charge in [-0.2, -0.15) is 0 Å². The fourth-order valence-corrected chi connectivity index (χ4v) is 1.47. The molecule has 0 bridgehead atoms. The number of phosphoric acid groups is 1. The van der Waals surface area contributed by atoms with E-state index in [2.05, 4.69) is 4.52 Å². The van der Waals surface area contributed by atoms with Crippen molar-refractivity contribution in [3.63, 3.8) is 0 Å². The summed E-state index contributed by atoms with van der Waals surface area (Å²) < 4.78 is 15.3. The monoisotopic (exact) mass is 182 g/mol. The van der Waals surface area contributed by atoms with Gasteiger partial charge in [0.1, 0.15) is 0 Å². The Morgan fingerprint density at radius 2 is 2.09 bits per heavy atom. The van der Waals surface area contributed by atoms with Gasteiger partial charge in [0, 0.05) is 6.42 Å². The van der Waals surface area contributed by atoms with Crippen LogP contribution < -0.4 is 0 Å². The molecule has 0 aliphatic carbocycles. The van der Waals surface area contributed by atoms with Crippen molar-refractivity contribution in [2.24, 2.45) is 0 Å². The fourth-order valence-electron chi connectivity index (χ4n) is 1.04. The van der Waals surface area contributed by atoms with Crippen LogP contribution >= 0.6 is 7.82 Å². The van der Waals surface area contributed by atoms with Crippen LogP contribution in [0.15, 0.2) is 0 Å². The van der Waals surface area contributed by atoms with Gasteiger partial charge >= 0.3 is 7.82 Å². The number of hydrogen-bond acceptors (Lipinski definition) is 2. The van der Waals surface area contributed by atoms with Crippen molar-refractivity contribution in [3.05, 3.63) is 0 Å². The average molecular weight is 182 g/mol. The van der Waals surface area contributed by atoms with Gasteiger partial charge in [-0.1, -0.05) is 0 Å². The molecule has 0 amide bonds. The highest BCUT2D eigenvalue weighted by Crippen LogP contribution is 2.37. The van der Waals surface area contributed by atoms with Crippen molar-refractivity contribution in [2.45, 2.75) is 6.42 Å².